The Labute approximate surface area is 129 Å². The minimum Gasteiger partial charge on any atom is -0.457 e. The van der Waals surface area contributed by atoms with E-state index >= 15 is 0 Å². The fourth-order valence-corrected chi connectivity index (χ4v) is 3.40. The number of esters is 1. The summed E-state index contributed by atoms with van der Waals surface area (Å²) in [6.45, 7) is 5.53. The second-order valence-electron chi connectivity index (χ2n) is 5.99. The highest BCUT2D eigenvalue weighted by molar-refractivity contribution is 8.14. The molecule has 21 heavy (non-hydrogen) atoms. The monoisotopic (exact) mass is 313 g/mol. The zero-order chi connectivity index (χ0) is 15.6. The molecule has 1 fully saturated rings. The molecule has 1 saturated heterocycles. The summed E-state index contributed by atoms with van der Waals surface area (Å²) in [5.74, 6) is 0.611. The van der Waals surface area contributed by atoms with Gasteiger partial charge in [-0.1, -0.05) is 6.08 Å². The van der Waals surface area contributed by atoms with Crippen molar-refractivity contribution in [1.29, 1.82) is 0 Å². The first-order chi connectivity index (χ1) is 9.80. The molecule has 0 bridgehead atoms. The van der Waals surface area contributed by atoms with Crippen molar-refractivity contribution in [1.82, 2.24) is 0 Å². The molecule has 5 nitrogen and oxygen atoms in total. The summed E-state index contributed by atoms with van der Waals surface area (Å²) in [5, 5.41) is 21.5. The van der Waals surface area contributed by atoms with Gasteiger partial charge in [0.25, 0.3) is 0 Å². The maximum absolute atomic E-state index is 11.2. The van der Waals surface area contributed by atoms with Crippen molar-refractivity contribution >= 4 is 22.8 Å². The summed E-state index contributed by atoms with van der Waals surface area (Å²) in [6.07, 6.45) is 1.30. The topological polar surface area (TPSA) is 79.1 Å². The molecule has 0 saturated carbocycles. The molecule has 1 unspecified atom stereocenters. The molecule has 0 radical (unpaired) electrons. The molecule has 0 aliphatic carbocycles. The number of carbonyl (C=O) groups is 1. The summed E-state index contributed by atoms with van der Waals surface area (Å²) < 4.78 is 5.19. The number of cyclic esters (lactones) is 1. The van der Waals surface area contributed by atoms with Gasteiger partial charge >= 0.3 is 5.97 Å². The van der Waals surface area contributed by atoms with Crippen LogP contribution in [0.1, 0.15) is 40.0 Å². The van der Waals surface area contributed by atoms with Gasteiger partial charge in [-0.25, -0.2) is 0 Å². The maximum Gasteiger partial charge on any atom is 0.306 e. The van der Waals surface area contributed by atoms with Crippen LogP contribution >= 0.6 is 11.8 Å². The largest absolute Gasteiger partial charge is 0.457 e. The average Bonchev–Trinajstić information content (AvgIpc) is 2.96. The van der Waals surface area contributed by atoms with Crippen LogP contribution in [-0.2, 0) is 9.53 Å². The van der Waals surface area contributed by atoms with Crippen LogP contribution in [-0.4, -0.2) is 50.8 Å². The Kier molecular flexibility index (Phi) is 5.11. The first kappa shape index (κ1) is 16.5. The lowest BCUT2D eigenvalue weighted by atomic mass is 9.90. The Morgan fingerprint density at radius 3 is 2.86 bits per heavy atom. The lowest BCUT2D eigenvalue weighted by Gasteiger charge is -2.30. The Morgan fingerprint density at radius 1 is 1.62 bits per heavy atom. The number of aliphatic imine (C=N–C) groups is 1. The van der Waals surface area contributed by atoms with E-state index in [1.807, 2.05) is 19.9 Å². The normalized spacial score (nSPS) is 32.8. The molecule has 0 amide bonds. The lowest BCUT2D eigenvalue weighted by Crippen LogP contribution is -2.41. The average molecular weight is 313 g/mol. The van der Waals surface area contributed by atoms with Crippen LogP contribution in [0, 0.1) is 0 Å². The number of thioether (sulfide) groups is 1. The third-order valence-corrected chi connectivity index (χ3v) is 5.15. The van der Waals surface area contributed by atoms with E-state index in [4.69, 9.17) is 4.74 Å². The van der Waals surface area contributed by atoms with E-state index in [0.29, 0.717) is 12.8 Å². The Morgan fingerprint density at radius 2 is 2.33 bits per heavy atom. The molecule has 2 aliphatic heterocycles. The summed E-state index contributed by atoms with van der Waals surface area (Å²) >= 11 is 1.71. The second-order valence-corrected chi connectivity index (χ2v) is 7.20. The van der Waals surface area contributed by atoms with E-state index in [1.165, 1.54) is 0 Å². The van der Waals surface area contributed by atoms with Gasteiger partial charge < -0.3 is 14.9 Å². The van der Waals surface area contributed by atoms with Crippen LogP contribution in [0.5, 0.6) is 0 Å². The molecule has 0 aromatic carbocycles. The predicted octanol–water partition coefficient (Wildman–Crippen LogP) is 1.67. The van der Waals surface area contributed by atoms with Gasteiger partial charge in [0.1, 0.15) is 5.60 Å². The fraction of sp³-hybridized carbons (Fsp3) is 0.733. The maximum atomic E-state index is 11.2. The highest BCUT2D eigenvalue weighted by atomic mass is 32.2. The van der Waals surface area contributed by atoms with Crippen molar-refractivity contribution in [3.63, 3.8) is 0 Å². The molecule has 2 N–H and O–H groups in total. The van der Waals surface area contributed by atoms with Gasteiger partial charge in [0.05, 0.1) is 23.3 Å². The minimum absolute atomic E-state index is 0.0988. The van der Waals surface area contributed by atoms with Crippen LogP contribution < -0.4 is 0 Å². The quantitative estimate of drug-likeness (QED) is 0.596. The lowest BCUT2D eigenvalue weighted by molar-refractivity contribution is -0.157. The number of carbonyl (C=O) groups excluding carboxylic acids is 1. The Hall–Kier alpha value is -0.850. The van der Waals surface area contributed by atoms with Crippen LogP contribution in [0.3, 0.4) is 0 Å². The fourth-order valence-electron chi connectivity index (χ4n) is 2.61. The van der Waals surface area contributed by atoms with E-state index < -0.39 is 17.8 Å². The SMILES string of the molecule is CC1=NC(/C=C(\C)[C@@H](O)C[C@@H](O)[C@@]2(C)CCC(=O)O2)CS1. The molecule has 2 aliphatic rings. The summed E-state index contributed by atoms with van der Waals surface area (Å²) in [4.78, 5) is 15.7. The smallest absolute Gasteiger partial charge is 0.306 e. The van der Waals surface area contributed by atoms with Crippen LogP contribution in [0.4, 0.5) is 0 Å². The van der Waals surface area contributed by atoms with Gasteiger partial charge in [-0.15, -0.1) is 11.8 Å². The molecule has 2 rings (SSSR count). The summed E-state index contributed by atoms with van der Waals surface area (Å²) in [5.41, 5.74) is -0.0814. The van der Waals surface area contributed by atoms with Crippen molar-refractivity contribution in [2.75, 3.05) is 5.75 Å². The van der Waals surface area contributed by atoms with Crippen molar-refractivity contribution < 1.29 is 19.7 Å². The molecule has 0 aromatic rings. The standard InChI is InChI=1S/C15H23NO4S/c1-9(6-11-8-21-10(2)16-11)12(17)7-13(18)15(3)5-4-14(19)20-15/h6,11-13,17-18H,4-5,7-8H2,1-3H3/b9-6+/t11?,12-,13+,15+/m0/s1. The van der Waals surface area contributed by atoms with Gasteiger partial charge in [0.15, 0.2) is 0 Å². The number of rotatable bonds is 5. The number of hydrogen-bond donors (Lipinski definition) is 2. The van der Waals surface area contributed by atoms with Gasteiger partial charge in [0, 0.05) is 18.6 Å². The highest BCUT2D eigenvalue weighted by Crippen LogP contribution is 2.32. The molecular weight excluding hydrogens is 290 g/mol. The van der Waals surface area contributed by atoms with Crippen LogP contribution in [0.15, 0.2) is 16.6 Å². The number of hydrogen-bond acceptors (Lipinski definition) is 6. The number of aliphatic hydroxyl groups is 2. The Bertz CT molecular complexity index is 476. The summed E-state index contributed by atoms with van der Waals surface area (Å²) in [7, 11) is 0. The van der Waals surface area contributed by atoms with Gasteiger partial charge in [0.2, 0.25) is 0 Å². The first-order valence-corrected chi connectivity index (χ1v) is 8.22. The van der Waals surface area contributed by atoms with E-state index in [0.717, 1.165) is 16.4 Å². The third kappa shape index (κ3) is 4.08. The number of nitrogens with zero attached hydrogens (tertiary/aromatic N) is 1. The molecule has 118 valence electrons. The van der Waals surface area contributed by atoms with E-state index in [2.05, 4.69) is 4.99 Å². The van der Waals surface area contributed by atoms with Crippen molar-refractivity contribution in [3.05, 3.63) is 11.6 Å². The predicted molar refractivity (Wildman–Crippen MR) is 83.5 cm³/mol. The van der Waals surface area contributed by atoms with Gasteiger partial charge in [-0.05, 0) is 32.8 Å². The highest BCUT2D eigenvalue weighted by Gasteiger charge is 2.42. The minimum atomic E-state index is -0.879. The third-order valence-electron chi connectivity index (χ3n) is 4.12. The molecule has 0 spiro atoms. The van der Waals surface area contributed by atoms with Crippen LogP contribution in [0.25, 0.3) is 0 Å². The van der Waals surface area contributed by atoms with E-state index in [-0.39, 0.29) is 18.4 Å². The van der Waals surface area contributed by atoms with E-state index in [9.17, 15) is 15.0 Å². The molecule has 4 atom stereocenters. The molecular formula is C15H23NO4S. The molecule has 0 aromatic heterocycles. The zero-order valence-corrected chi connectivity index (χ0v) is 13.5. The zero-order valence-electron chi connectivity index (χ0n) is 12.7. The second kappa shape index (κ2) is 6.50. The van der Waals surface area contributed by atoms with Crippen LogP contribution in [0.2, 0.25) is 0 Å². The van der Waals surface area contributed by atoms with Crippen molar-refractivity contribution in [2.45, 2.75) is 63.9 Å². The van der Waals surface area contributed by atoms with Gasteiger partial charge in [-0.2, -0.15) is 0 Å². The Balaban J connectivity index is 1.92. The first-order valence-electron chi connectivity index (χ1n) is 7.23. The summed E-state index contributed by atoms with van der Waals surface area (Å²) in [6, 6.07) is 0.0988. The van der Waals surface area contributed by atoms with E-state index in [1.54, 1.807) is 18.7 Å². The van der Waals surface area contributed by atoms with Gasteiger partial charge in [-0.3, -0.25) is 9.79 Å². The molecule has 2 heterocycles. The van der Waals surface area contributed by atoms with Crippen molar-refractivity contribution in [3.8, 4) is 0 Å². The van der Waals surface area contributed by atoms with Crippen molar-refractivity contribution in [2.24, 2.45) is 4.99 Å². The molecule has 6 heteroatoms. The number of ether oxygens (including phenoxy) is 1. The number of aliphatic hydroxyl groups excluding tert-OH is 2.